The summed E-state index contributed by atoms with van der Waals surface area (Å²) in [5.74, 6) is -0.594. The molecular weight excluding hydrogens is 304 g/mol. The molecule has 0 bridgehead atoms. The van der Waals surface area contributed by atoms with Gasteiger partial charge in [0.05, 0.1) is 0 Å². The van der Waals surface area contributed by atoms with E-state index in [0.29, 0.717) is 11.1 Å². The predicted octanol–water partition coefficient (Wildman–Crippen LogP) is 3.50. The monoisotopic (exact) mass is 330 g/mol. The standard InChI is InChI=1S/C18H26N4O2/c1-5-7-13(3)19-21-17(23)15-9-11-16(12-10-15)18(24)22-20-14(4)8-6-2/h9-12H,5-8H2,1-4H3,(H,21,23)(H,22,24)/b19-13-,20-14-. The molecule has 0 heterocycles. The third kappa shape index (κ3) is 6.73. The zero-order chi connectivity index (χ0) is 17.9. The number of carbonyl (C=O) groups excluding carboxylic acids is 2. The van der Waals surface area contributed by atoms with Gasteiger partial charge in [0.2, 0.25) is 0 Å². The lowest BCUT2D eigenvalue weighted by Gasteiger charge is -2.04. The summed E-state index contributed by atoms with van der Waals surface area (Å²) in [4.78, 5) is 24.0. The minimum atomic E-state index is -0.297. The Morgan fingerprint density at radius 3 is 1.42 bits per heavy atom. The zero-order valence-electron chi connectivity index (χ0n) is 14.8. The predicted molar refractivity (Wildman–Crippen MR) is 97.4 cm³/mol. The molecule has 0 aliphatic heterocycles. The van der Waals surface area contributed by atoms with E-state index in [4.69, 9.17) is 0 Å². The van der Waals surface area contributed by atoms with E-state index in [2.05, 4.69) is 34.9 Å². The lowest BCUT2D eigenvalue weighted by molar-refractivity contribution is 0.0943. The number of nitrogens with zero attached hydrogens (tertiary/aromatic N) is 2. The van der Waals surface area contributed by atoms with Crippen LogP contribution in [0.4, 0.5) is 0 Å². The van der Waals surface area contributed by atoms with Gasteiger partial charge in [-0.25, -0.2) is 10.9 Å². The van der Waals surface area contributed by atoms with Crippen LogP contribution in [-0.4, -0.2) is 23.2 Å². The van der Waals surface area contributed by atoms with Crippen molar-refractivity contribution in [3.05, 3.63) is 35.4 Å². The van der Waals surface area contributed by atoms with Crippen molar-refractivity contribution in [1.29, 1.82) is 0 Å². The maximum absolute atomic E-state index is 12.0. The Labute approximate surface area is 143 Å². The van der Waals surface area contributed by atoms with Gasteiger partial charge in [0.25, 0.3) is 11.8 Å². The highest BCUT2D eigenvalue weighted by atomic mass is 16.2. The van der Waals surface area contributed by atoms with Crippen LogP contribution in [0.25, 0.3) is 0 Å². The number of hydrogen-bond acceptors (Lipinski definition) is 4. The van der Waals surface area contributed by atoms with Crippen LogP contribution in [0.2, 0.25) is 0 Å². The van der Waals surface area contributed by atoms with E-state index in [9.17, 15) is 9.59 Å². The molecule has 0 fully saturated rings. The van der Waals surface area contributed by atoms with Crippen LogP contribution in [0, 0.1) is 0 Å². The SMILES string of the molecule is CCC/C(C)=N\NC(=O)c1ccc(C(=O)N/N=C(/C)CCC)cc1. The smallest absolute Gasteiger partial charge is 0.267 e. The fourth-order valence-electron chi connectivity index (χ4n) is 2.03. The largest absolute Gasteiger partial charge is 0.271 e. The quantitative estimate of drug-likeness (QED) is 0.565. The van der Waals surface area contributed by atoms with Gasteiger partial charge >= 0.3 is 0 Å². The Hall–Kier alpha value is -2.50. The topological polar surface area (TPSA) is 82.9 Å². The van der Waals surface area contributed by atoms with Crippen molar-refractivity contribution in [1.82, 2.24) is 10.9 Å². The number of carbonyl (C=O) groups is 2. The molecule has 0 aliphatic carbocycles. The molecule has 1 aromatic rings. The summed E-state index contributed by atoms with van der Waals surface area (Å²) in [6.07, 6.45) is 3.65. The highest BCUT2D eigenvalue weighted by molar-refractivity contribution is 5.98. The lowest BCUT2D eigenvalue weighted by atomic mass is 10.1. The van der Waals surface area contributed by atoms with Gasteiger partial charge in [-0.2, -0.15) is 10.2 Å². The van der Waals surface area contributed by atoms with Crippen molar-refractivity contribution in [2.45, 2.75) is 53.4 Å². The van der Waals surface area contributed by atoms with E-state index in [1.54, 1.807) is 24.3 Å². The maximum atomic E-state index is 12.0. The van der Waals surface area contributed by atoms with E-state index in [0.717, 1.165) is 37.1 Å². The molecular formula is C18H26N4O2. The van der Waals surface area contributed by atoms with Crippen molar-refractivity contribution in [3.8, 4) is 0 Å². The van der Waals surface area contributed by atoms with Gasteiger partial charge in [0.15, 0.2) is 0 Å². The Balaban J connectivity index is 2.65. The summed E-state index contributed by atoms with van der Waals surface area (Å²) in [5, 5.41) is 8.07. The first-order valence-electron chi connectivity index (χ1n) is 8.25. The molecule has 0 saturated heterocycles. The first-order chi connectivity index (χ1) is 11.5. The summed E-state index contributed by atoms with van der Waals surface area (Å²) in [5.41, 5.74) is 7.68. The second-order valence-electron chi connectivity index (χ2n) is 5.65. The van der Waals surface area contributed by atoms with Crippen LogP contribution in [0.15, 0.2) is 34.5 Å². The highest BCUT2D eigenvalue weighted by Gasteiger charge is 2.08. The van der Waals surface area contributed by atoms with Crippen molar-refractivity contribution >= 4 is 23.2 Å². The van der Waals surface area contributed by atoms with Crippen LogP contribution < -0.4 is 10.9 Å². The summed E-state index contributed by atoms with van der Waals surface area (Å²) in [7, 11) is 0. The first kappa shape index (κ1) is 19.5. The Morgan fingerprint density at radius 2 is 1.12 bits per heavy atom. The van der Waals surface area contributed by atoms with Crippen LogP contribution >= 0.6 is 0 Å². The Kier molecular flexibility index (Phi) is 8.39. The summed E-state index contributed by atoms with van der Waals surface area (Å²) in [6.45, 7) is 7.85. The summed E-state index contributed by atoms with van der Waals surface area (Å²) in [6, 6.07) is 6.38. The first-order valence-corrected chi connectivity index (χ1v) is 8.25. The number of amides is 2. The third-order valence-electron chi connectivity index (χ3n) is 3.33. The number of benzene rings is 1. The molecule has 0 spiro atoms. The average Bonchev–Trinajstić information content (AvgIpc) is 2.58. The van der Waals surface area contributed by atoms with E-state index >= 15 is 0 Å². The second-order valence-corrected chi connectivity index (χ2v) is 5.65. The molecule has 1 aromatic carbocycles. The van der Waals surface area contributed by atoms with Crippen molar-refractivity contribution in [3.63, 3.8) is 0 Å². The van der Waals surface area contributed by atoms with E-state index < -0.39 is 0 Å². The molecule has 0 unspecified atom stereocenters. The lowest BCUT2D eigenvalue weighted by Crippen LogP contribution is -2.21. The van der Waals surface area contributed by atoms with E-state index in [-0.39, 0.29) is 11.8 Å². The number of nitrogens with one attached hydrogen (secondary N) is 2. The molecule has 0 aliphatic rings. The fraction of sp³-hybridized carbons (Fsp3) is 0.444. The second kappa shape index (κ2) is 10.3. The highest BCUT2D eigenvalue weighted by Crippen LogP contribution is 2.05. The molecule has 0 atom stereocenters. The molecule has 24 heavy (non-hydrogen) atoms. The number of rotatable bonds is 8. The molecule has 6 nitrogen and oxygen atoms in total. The maximum Gasteiger partial charge on any atom is 0.271 e. The molecule has 2 amide bonds. The zero-order valence-corrected chi connectivity index (χ0v) is 14.8. The van der Waals surface area contributed by atoms with Gasteiger partial charge in [0.1, 0.15) is 0 Å². The summed E-state index contributed by atoms with van der Waals surface area (Å²) >= 11 is 0. The van der Waals surface area contributed by atoms with Crippen molar-refractivity contribution in [2.75, 3.05) is 0 Å². The Bertz CT molecular complexity index is 563. The number of hydrazone groups is 2. The van der Waals surface area contributed by atoms with Crippen molar-refractivity contribution < 1.29 is 9.59 Å². The average molecular weight is 330 g/mol. The van der Waals surface area contributed by atoms with Gasteiger partial charge < -0.3 is 0 Å². The van der Waals surface area contributed by atoms with E-state index in [1.165, 1.54) is 0 Å². The normalized spacial score (nSPS) is 12.0. The molecule has 0 radical (unpaired) electrons. The van der Waals surface area contributed by atoms with Gasteiger partial charge in [-0.05, 0) is 51.0 Å². The molecule has 1 rings (SSSR count). The van der Waals surface area contributed by atoms with Crippen LogP contribution in [0.1, 0.15) is 74.1 Å². The van der Waals surface area contributed by atoms with Gasteiger partial charge in [0, 0.05) is 22.6 Å². The van der Waals surface area contributed by atoms with Gasteiger partial charge in [-0.15, -0.1) is 0 Å². The third-order valence-corrected chi connectivity index (χ3v) is 3.33. The molecule has 2 N–H and O–H groups in total. The summed E-state index contributed by atoms with van der Waals surface area (Å²) < 4.78 is 0. The van der Waals surface area contributed by atoms with E-state index in [1.807, 2.05) is 13.8 Å². The molecule has 0 aromatic heterocycles. The minimum Gasteiger partial charge on any atom is -0.267 e. The van der Waals surface area contributed by atoms with Crippen molar-refractivity contribution in [2.24, 2.45) is 10.2 Å². The van der Waals surface area contributed by atoms with Gasteiger partial charge in [-0.1, -0.05) is 26.7 Å². The minimum absolute atomic E-state index is 0.297. The van der Waals surface area contributed by atoms with Crippen LogP contribution in [0.5, 0.6) is 0 Å². The Morgan fingerprint density at radius 1 is 0.792 bits per heavy atom. The molecule has 130 valence electrons. The van der Waals surface area contributed by atoms with Crippen LogP contribution in [-0.2, 0) is 0 Å². The number of hydrogen-bond donors (Lipinski definition) is 2. The molecule has 0 saturated carbocycles. The van der Waals surface area contributed by atoms with Crippen LogP contribution in [0.3, 0.4) is 0 Å². The van der Waals surface area contributed by atoms with Gasteiger partial charge in [-0.3, -0.25) is 9.59 Å². The molecule has 6 heteroatoms. The fourth-order valence-corrected chi connectivity index (χ4v) is 2.03.